The topological polar surface area (TPSA) is 60.9 Å². The molecule has 1 aliphatic carbocycles. The first kappa shape index (κ1) is 12.4. The van der Waals surface area contributed by atoms with E-state index in [9.17, 15) is 9.59 Å². The van der Waals surface area contributed by atoms with Crippen LogP contribution in [-0.4, -0.2) is 42.1 Å². The number of urea groups is 1. The molecule has 0 heterocycles. The zero-order chi connectivity index (χ0) is 13.3. The lowest BCUT2D eigenvalue weighted by molar-refractivity contribution is 0.0697. The number of carbonyl (C=O) groups is 2. The van der Waals surface area contributed by atoms with E-state index in [4.69, 9.17) is 5.11 Å². The van der Waals surface area contributed by atoms with Gasteiger partial charge in [0.2, 0.25) is 0 Å². The number of rotatable bonds is 3. The number of amides is 2. The number of benzene rings is 1. The smallest absolute Gasteiger partial charge is 0.337 e. The molecule has 1 aliphatic rings. The van der Waals surface area contributed by atoms with E-state index in [0.717, 1.165) is 12.8 Å². The number of aromatic carboxylic acids is 1. The SMILES string of the molecule is CN(C(=O)N(C)C1CC1)c1ccccc1C(=O)O. The Morgan fingerprint density at radius 3 is 2.39 bits per heavy atom. The Bertz CT molecular complexity index is 483. The van der Waals surface area contributed by atoms with Gasteiger partial charge in [-0.15, -0.1) is 0 Å². The third kappa shape index (κ3) is 2.30. The van der Waals surface area contributed by atoms with Crippen LogP contribution in [0.5, 0.6) is 0 Å². The number of para-hydroxylation sites is 1. The van der Waals surface area contributed by atoms with Gasteiger partial charge >= 0.3 is 12.0 Å². The maximum absolute atomic E-state index is 12.2. The van der Waals surface area contributed by atoms with E-state index in [1.807, 2.05) is 0 Å². The molecule has 5 nitrogen and oxygen atoms in total. The van der Waals surface area contributed by atoms with Crippen LogP contribution in [0.2, 0.25) is 0 Å². The van der Waals surface area contributed by atoms with Crippen molar-refractivity contribution in [3.63, 3.8) is 0 Å². The molecular formula is C13H16N2O3. The molecule has 1 N–H and O–H groups in total. The van der Waals surface area contributed by atoms with E-state index >= 15 is 0 Å². The Kier molecular flexibility index (Phi) is 3.23. The molecule has 0 aromatic heterocycles. The van der Waals surface area contributed by atoms with E-state index in [0.29, 0.717) is 11.7 Å². The normalized spacial score (nSPS) is 14.1. The zero-order valence-electron chi connectivity index (χ0n) is 10.5. The predicted octanol–water partition coefficient (Wildman–Crippen LogP) is 2.04. The minimum atomic E-state index is -1.03. The summed E-state index contributed by atoms with van der Waals surface area (Å²) in [6, 6.07) is 6.64. The highest BCUT2D eigenvalue weighted by Gasteiger charge is 2.32. The van der Waals surface area contributed by atoms with Crippen LogP contribution < -0.4 is 4.90 Å². The minimum absolute atomic E-state index is 0.137. The summed E-state index contributed by atoms with van der Waals surface area (Å²) in [5.74, 6) is -1.03. The van der Waals surface area contributed by atoms with Crippen LogP contribution in [0.25, 0.3) is 0 Å². The molecule has 18 heavy (non-hydrogen) atoms. The van der Waals surface area contributed by atoms with Crippen molar-refractivity contribution in [2.45, 2.75) is 18.9 Å². The second kappa shape index (κ2) is 4.68. The third-order valence-corrected chi connectivity index (χ3v) is 3.18. The summed E-state index contributed by atoms with van der Waals surface area (Å²) >= 11 is 0. The van der Waals surface area contributed by atoms with E-state index < -0.39 is 5.97 Å². The van der Waals surface area contributed by atoms with Gasteiger partial charge in [-0.1, -0.05) is 12.1 Å². The lowest BCUT2D eigenvalue weighted by Gasteiger charge is -2.25. The number of carbonyl (C=O) groups excluding carboxylic acids is 1. The van der Waals surface area contributed by atoms with Gasteiger partial charge in [0.1, 0.15) is 0 Å². The Labute approximate surface area is 106 Å². The molecule has 1 saturated carbocycles. The van der Waals surface area contributed by atoms with Crippen LogP contribution in [0.4, 0.5) is 10.5 Å². The summed E-state index contributed by atoms with van der Waals surface area (Å²) in [4.78, 5) is 26.3. The molecule has 0 unspecified atom stereocenters. The molecular weight excluding hydrogens is 232 g/mol. The fourth-order valence-corrected chi connectivity index (χ4v) is 1.90. The lowest BCUT2D eigenvalue weighted by Crippen LogP contribution is -2.40. The summed E-state index contributed by atoms with van der Waals surface area (Å²) in [7, 11) is 3.35. The molecule has 96 valence electrons. The fraction of sp³-hybridized carbons (Fsp3) is 0.385. The van der Waals surface area contributed by atoms with Gasteiger partial charge in [0.05, 0.1) is 11.3 Å². The van der Waals surface area contributed by atoms with Crippen LogP contribution in [0.15, 0.2) is 24.3 Å². The predicted molar refractivity (Wildman–Crippen MR) is 68.0 cm³/mol. The highest BCUT2D eigenvalue weighted by Crippen LogP contribution is 2.28. The highest BCUT2D eigenvalue weighted by molar-refractivity contribution is 6.01. The van der Waals surface area contributed by atoms with Gasteiger partial charge in [-0.25, -0.2) is 9.59 Å². The van der Waals surface area contributed by atoms with Crippen molar-refractivity contribution in [1.82, 2.24) is 4.90 Å². The van der Waals surface area contributed by atoms with Crippen LogP contribution in [0, 0.1) is 0 Å². The number of hydrogen-bond acceptors (Lipinski definition) is 2. The quantitative estimate of drug-likeness (QED) is 0.890. The van der Waals surface area contributed by atoms with Crippen molar-refractivity contribution >= 4 is 17.7 Å². The summed E-state index contributed by atoms with van der Waals surface area (Å²) in [6.07, 6.45) is 2.05. The van der Waals surface area contributed by atoms with Crippen molar-refractivity contribution in [2.75, 3.05) is 19.0 Å². The summed E-state index contributed by atoms with van der Waals surface area (Å²) in [6.45, 7) is 0. The zero-order valence-corrected chi connectivity index (χ0v) is 10.5. The fourth-order valence-electron chi connectivity index (χ4n) is 1.90. The minimum Gasteiger partial charge on any atom is -0.478 e. The Hall–Kier alpha value is -2.04. The van der Waals surface area contributed by atoms with Gasteiger partial charge in [0, 0.05) is 20.1 Å². The van der Waals surface area contributed by atoms with Crippen molar-refractivity contribution in [3.05, 3.63) is 29.8 Å². The van der Waals surface area contributed by atoms with Gasteiger partial charge in [-0.05, 0) is 25.0 Å². The largest absolute Gasteiger partial charge is 0.478 e. The molecule has 1 aromatic carbocycles. The Balaban J connectivity index is 2.24. The van der Waals surface area contributed by atoms with Crippen molar-refractivity contribution in [3.8, 4) is 0 Å². The molecule has 0 atom stereocenters. The van der Waals surface area contributed by atoms with Gasteiger partial charge in [-0.3, -0.25) is 4.90 Å². The van der Waals surface area contributed by atoms with Crippen molar-refractivity contribution < 1.29 is 14.7 Å². The molecule has 0 aliphatic heterocycles. The summed E-state index contributed by atoms with van der Waals surface area (Å²) in [5, 5.41) is 9.10. The van der Waals surface area contributed by atoms with Crippen molar-refractivity contribution in [2.24, 2.45) is 0 Å². The maximum atomic E-state index is 12.2. The van der Waals surface area contributed by atoms with Crippen LogP contribution >= 0.6 is 0 Å². The van der Waals surface area contributed by atoms with Gasteiger partial charge in [0.15, 0.2) is 0 Å². The first-order valence-corrected chi connectivity index (χ1v) is 5.85. The van der Waals surface area contributed by atoms with Crippen LogP contribution in [0.3, 0.4) is 0 Å². The van der Waals surface area contributed by atoms with E-state index in [-0.39, 0.29) is 11.6 Å². The number of anilines is 1. The number of nitrogens with zero attached hydrogens (tertiary/aromatic N) is 2. The average Bonchev–Trinajstić information content (AvgIpc) is 3.20. The first-order chi connectivity index (χ1) is 8.52. The molecule has 0 bridgehead atoms. The second-order valence-electron chi connectivity index (χ2n) is 4.51. The first-order valence-electron chi connectivity index (χ1n) is 5.85. The molecule has 5 heteroatoms. The number of carboxylic acid groups (broad SMARTS) is 1. The molecule has 2 rings (SSSR count). The highest BCUT2D eigenvalue weighted by atomic mass is 16.4. The van der Waals surface area contributed by atoms with Gasteiger partial charge < -0.3 is 10.0 Å². The van der Waals surface area contributed by atoms with Crippen molar-refractivity contribution in [1.29, 1.82) is 0 Å². The van der Waals surface area contributed by atoms with E-state index in [2.05, 4.69) is 0 Å². The standard InChI is InChI=1S/C13H16N2O3/c1-14(9-7-8-9)13(18)15(2)11-6-4-3-5-10(11)12(16)17/h3-6,9H,7-8H2,1-2H3,(H,16,17). The molecule has 0 spiro atoms. The third-order valence-electron chi connectivity index (χ3n) is 3.18. The lowest BCUT2D eigenvalue weighted by atomic mass is 10.1. The summed E-state index contributed by atoms with van der Waals surface area (Å²) in [5.41, 5.74) is 0.556. The number of carboxylic acids is 1. The second-order valence-corrected chi connectivity index (χ2v) is 4.51. The van der Waals surface area contributed by atoms with E-state index in [1.54, 1.807) is 37.2 Å². The van der Waals surface area contributed by atoms with Crippen LogP contribution in [0.1, 0.15) is 23.2 Å². The molecule has 1 fully saturated rings. The monoisotopic (exact) mass is 248 g/mol. The average molecular weight is 248 g/mol. The Morgan fingerprint density at radius 1 is 1.22 bits per heavy atom. The molecule has 0 saturated heterocycles. The molecule has 1 aromatic rings. The van der Waals surface area contributed by atoms with E-state index in [1.165, 1.54) is 11.0 Å². The molecule has 2 amide bonds. The van der Waals surface area contributed by atoms with Gasteiger partial charge in [0.25, 0.3) is 0 Å². The van der Waals surface area contributed by atoms with Gasteiger partial charge in [-0.2, -0.15) is 0 Å². The summed E-state index contributed by atoms with van der Waals surface area (Å²) < 4.78 is 0. The van der Waals surface area contributed by atoms with Crippen LogP contribution in [-0.2, 0) is 0 Å². The Morgan fingerprint density at radius 2 is 1.83 bits per heavy atom. The number of hydrogen-bond donors (Lipinski definition) is 1. The molecule has 0 radical (unpaired) electrons. The maximum Gasteiger partial charge on any atom is 0.337 e.